The van der Waals surface area contributed by atoms with E-state index in [2.05, 4.69) is 0 Å². The Balaban J connectivity index is 0.00000625. The minimum Gasteiger partial charge on any atom is -0.872 e. The summed E-state index contributed by atoms with van der Waals surface area (Å²) in [5, 5.41) is 23.9. The maximum atomic E-state index is 13.9. The van der Waals surface area contributed by atoms with Crippen LogP contribution in [0, 0.1) is 10.1 Å². The Hall–Kier alpha value is -3.12. The summed E-state index contributed by atoms with van der Waals surface area (Å²) < 4.78 is 35.6. The summed E-state index contributed by atoms with van der Waals surface area (Å²) in [6.45, 7) is 9.89. The van der Waals surface area contributed by atoms with Crippen LogP contribution >= 0.6 is 0 Å². The van der Waals surface area contributed by atoms with Gasteiger partial charge in [-0.25, -0.2) is 0 Å². The van der Waals surface area contributed by atoms with Crippen molar-refractivity contribution in [2.45, 2.75) is 19.3 Å². The molecule has 2 aliphatic heterocycles. The van der Waals surface area contributed by atoms with Gasteiger partial charge >= 0.3 is 18.9 Å². The molecule has 2 heterocycles. The number of para-hydroxylation sites is 1. The molecule has 0 N–H and O–H groups in total. The van der Waals surface area contributed by atoms with Crippen molar-refractivity contribution >= 4 is 29.1 Å². The molecule has 48 heavy (non-hydrogen) atoms. The maximum Gasteiger partial charge on any atom is 1.00 e. The average molecular weight is 663 g/mol. The van der Waals surface area contributed by atoms with Gasteiger partial charge in [-0.1, -0.05) is 24.3 Å². The summed E-state index contributed by atoms with van der Waals surface area (Å²) in [5.74, 6) is -0.457. The summed E-state index contributed by atoms with van der Waals surface area (Å²) in [5.41, 5.74) is 2.21. The molecular weight excluding hydrogens is 617 g/mol. The fourth-order valence-electron chi connectivity index (χ4n) is 5.41. The molecule has 0 bridgehead atoms. The van der Waals surface area contributed by atoms with E-state index in [1.54, 1.807) is 17.1 Å². The van der Waals surface area contributed by atoms with E-state index in [4.69, 9.17) is 28.4 Å². The number of nitrogens with zero attached hydrogens (tertiary/aromatic N) is 3. The Kier molecular flexibility index (Phi) is 16.7. The van der Waals surface area contributed by atoms with Crippen LogP contribution in [0.25, 0.3) is 6.08 Å². The second kappa shape index (κ2) is 20.4. The Morgan fingerprint density at radius 3 is 1.83 bits per heavy atom. The molecule has 1 saturated heterocycles. The number of non-ortho nitro benzene ring substituents is 1. The largest absolute Gasteiger partial charge is 1.00 e. The fraction of sp³-hybridized carbons (Fsp3) is 0.529. The second-order valence-electron chi connectivity index (χ2n) is 11.5. The van der Waals surface area contributed by atoms with Crippen LogP contribution in [0.2, 0.25) is 0 Å². The molecule has 14 heteroatoms. The number of nitro groups is 1. The fourth-order valence-corrected chi connectivity index (χ4v) is 5.41. The third kappa shape index (κ3) is 11.5. The number of ether oxygens (including phenoxy) is 6. The maximum absolute atomic E-state index is 13.9. The summed E-state index contributed by atoms with van der Waals surface area (Å²) >= 11 is 0. The average Bonchev–Trinajstić information content (AvgIpc) is 3.26. The SMILES string of the molecule is CC1(C)C(/C=C/c2cc([N+](=O)[O-])ccc2[O-])=[N+](CC(=O)N2CCOCCOCCOCCOCCOCCOCC2)c2ccccc21.[Li+]. The first kappa shape index (κ1) is 39.3. The van der Waals surface area contributed by atoms with Crippen molar-refractivity contribution in [3.8, 4) is 5.75 Å². The van der Waals surface area contributed by atoms with Crippen molar-refractivity contribution < 1.29 is 66.7 Å². The number of rotatable bonds is 5. The zero-order valence-corrected chi connectivity index (χ0v) is 28.2. The molecule has 0 aromatic heterocycles. The number of nitro benzene ring substituents is 1. The van der Waals surface area contributed by atoms with Gasteiger partial charge in [0.15, 0.2) is 5.71 Å². The summed E-state index contributed by atoms with van der Waals surface area (Å²) in [7, 11) is 0. The number of carbonyl (C=O) groups is 1. The van der Waals surface area contributed by atoms with Crippen molar-refractivity contribution in [2.24, 2.45) is 0 Å². The molecule has 2 aromatic carbocycles. The van der Waals surface area contributed by atoms with Gasteiger partial charge in [-0.05, 0) is 25.5 Å². The minimum atomic E-state index is -0.530. The number of fused-ring (bicyclic) bond motifs is 1. The number of allylic oxidation sites excluding steroid dienone is 1. The Labute approximate surface area is 293 Å². The monoisotopic (exact) mass is 662 g/mol. The van der Waals surface area contributed by atoms with Gasteiger partial charge < -0.3 is 38.4 Å². The van der Waals surface area contributed by atoms with E-state index >= 15 is 0 Å². The smallest absolute Gasteiger partial charge is 0.872 e. The van der Waals surface area contributed by atoms with Crippen LogP contribution in [-0.2, 0) is 38.6 Å². The number of benzene rings is 2. The van der Waals surface area contributed by atoms with Gasteiger partial charge in [0.25, 0.3) is 11.6 Å². The first-order valence-electron chi connectivity index (χ1n) is 15.9. The second-order valence-corrected chi connectivity index (χ2v) is 11.5. The third-order valence-electron chi connectivity index (χ3n) is 7.94. The molecule has 2 aliphatic rings. The van der Waals surface area contributed by atoms with Crippen molar-refractivity contribution in [1.82, 2.24) is 4.90 Å². The van der Waals surface area contributed by atoms with Crippen molar-refractivity contribution in [3.05, 3.63) is 69.8 Å². The summed E-state index contributed by atoms with van der Waals surface area (Å²) in [6, 6.07) is 11.5. The van der Waals surface area contributed by atoms with Crippen LogP contribution in [0.4, 0.5) is 11.4 Å². The molecule has 0 spiro atoms. The molecular formula is C34H45LiN3O10+. The molecule has 1 fully saturated rings. The third-order valence-corrected chi connectivity index (χ3v) is 7.94. The first-order valence-corrected chi connectivity index (χ1v) is 15.9. The Morgan fingerprint density at radius 2 is 1.31 bits per heavy atom. The van der Waals surface area contributed by atoms with E-state index in [-0.39, 0.29) is 48.3 Å². The van der Waals surface area contributed by atoms with E-state index in [0.717, 1.165) is 17.0 Å². The zero-order chi connectivity index (χ0) is 33.5. The standard InChI is InChI=1S/C34H45N3O10.Li/c1-34(2)29-5-3-4-6-30(29)36(32(34)10-7-27-25-28(37(40)41)8-9-31(27)38)26-33(39)35-11-13-42-15-17-44-19-21-46-23-24-47-22-20-45-18-16-43-14-12-35;/h3-10,25H,11-24,26H2,1-2H3;/q;+1. The predicted molar refractivity (Wildman–Crippen MR) is 172 cm³/mol. The molecule has 0 atom stereocenters. The normalized spacial score (nSPS) is 19.2. The number of carbonyl (C=O) groups excluding carboxylic acids is 1. The molecule has 13 nitrogen and oxygen atoms in total. The van der Waals surface area contributed by atoms with Crippen molar-refractivity contribution in [1.29, 1.82) is 0 Å². The number of amides is 1. The van der Waals surface area contributed by atoms with Gasteiger partial charge in [0.2, 0.25) is 12.2 Å². The van der Waals surface area contributed by atoms with E-state index in [9.17, 15) is 20.0 Å². The molecule has 2 aromatic rings. The molecule has 0 aliphatic carbocycles. The van der Waals surface area contributed by atoms with Crippen LogP contribution in [0.5, 0.6) is 5.75 Å². The predicted octanol–water partition coefficient (Wildman–Crippen LogP) is -0.296. The van der Waals surface area contributed by atoms with E-state index < -0.39 is 10.3 Å². The van der Waals surface area contributed by atoms with Crippen molar-refractivity contribution in [3.63, 3.8) is 0 Å². The molecule has 1 amide bonds. The van der Waals surface area contributed by atoms with Crippen LogP contribution in [0.15, 0.2) is 48.5 Å². The van der Waals surface area contributed by atoms with Crippen LogP contribution in [0.1, 0.15) is 25.0 Å². The quantitative estimate of drug-likeness (QED) is 0.181. The molecule has 0 saturated carbocycles. The summed E-state index contributed by atoms with van der Waals surface area (Å²) in [4.78, 5) is 26.4. The minimum absolute atomic E-state index is 0. The summed E-state index contributed by atoms with van der Waals surface area (Å²) in [6.07, 6.45) is 3.36. The Morgan fingerprint density at radius 1 is 0.812 bits per heavy atom. The Bertz CT molecular complexity index is 1380. The van der Waals surface area contributed by atoms with Crippen LogP contribution < -0.4 is 24.0 Å². The van der Waals surface area contributed by atoms with E-state index in [1.807, 2.05) is 42.7 Å². The van der Waals surface area contributed by atoms with Gasteiger partial charge in [-0.3, -0.25) is 14.9 Å². The first-order chi connectivity index (χ1) is 22.8. The molecule has 256 valence electrons. The molecule has 0 radical (unpaired) electrons. The topological polar surface area (TPSA) is 145 Å². The number of hydrogen-bond donors (Lipinski definition) is 0. The zero-order valence-electron chi connectivity index (χ0n) is 28.2. The van der Waals surface area contributed by atoms with E-state index in [0.29, 0.717) is 92.4 Å². The van der Waals surface area contributed by atoms with Crippen LogP contribution in [-0.4, -0.2) is 125 Å². The van der Waals surface area contributed by atoms with Crippen molar-refractivity contribution in [2.75, 3.05) is 98.9 Å². The van der Waals surface area contributed by atoms with Gasteiger partial charge in [-0.15, -0.1) is 5.75 Å². The molecule has 4 rings (SSSR count). The number of hydrogen-bond acceptors (Lipinski definition) is 10. The molecule has 0 unspecified atom stereocenters. The van der Waals surface area contributed by atoms with Gasteiger partial charge in [0.05, 0.1) is 89.6 Å². The van der Waals surface area contributed by atoms with E-state index in [1.165, 1.54) is 18.2 Å². The van der Waals surface area contributed by atoms with Gasteiger partial charge in [0, 0.05) is 42.9 Å². The van der Waals surface area contributed by atoms with Gasteiger partial charge in [-0.2, -0.15) is 4.58 Å². The van der Waals surface area contributed by atoms with Gasteiger partial charge in [0.1, 0.15) is 0 Å². The van der Waals surface area contributed by atoms with Crippen LogP contribution in [0.3, 0.4) is 0 Å².